The van der Waals surface area contributed by atoms with E-state index in [1.54, 1.807) is 0 Å². The molecule has 0 bridgehead atoms. The summed E-state index contributed by atoms with van der Waals surface area (Å²) in [6.07, 6.45) is 2.84. The number of aliphatic imine (C=N–C) groups is 1. The third-order valence-corrected chi connectivity index (χ3v) is 0.761. The van der Waals surface area contributed by atoms with E-state index >= 15 is 0 Å². The molecule has 0 rings (SSSR count). The van der Waals surface area contributed by atoms with Crippen LogP contribution in [0.3, 0.4) is 0 Å². The van der Waals surface area contributed by atoms with Crippen molar-refractivity contribution >= 4 is 12.6 Å². The van der Waals surface area contributed by atoms with Gasteiger partial charge in [0.05, 0.1) is 0 Å². The quantitative estimate of drug-likeness (QED) is 0.324. The summed E-state index contributed by atoms with van der Waals surface area (Å²) < 4.78 is 0. The monoisotopic (exact) mass is 123 g/mol. The Bertz CT molecular complexity index is 167. The number of nitrogens with two attached hydrogens (primary N) is 1. The Kier molecular flexibility index (Phi) is 3.05. The molecule has 0 aliphatic carbocycles. The molecule has 0 aliphatic rings. The first-order valence-corrected chi connectivity index (χ1v) is 2.35. The van der Waals surface area contributed by atoms with E-state index in [1.165, 1.54) is 12.3 Å². The van der Waals surface area contributed by atoms with Crippen molar-refractivity contribution in [3.63, 3.8) is 0 Å². The first-order chi connectivity index (χ1) is 4.22. The zero-order chi connectivity index (χ0) is 7.28. The molecule has 3 N–H and O–H groups in total. The van der Waals surface area contributed by atoms with Crippen LogP contribution in [-0.2, 0) is 0 Å². The molecule has 0 saturated heterocycles. The van der Waals surface area contributed by atoms with Gasteiger partial charge in [-0.2, -0.15) is 0 Å². The lowest BCUT2D eigenvalue weighted by molar-refractivity contribution is 1.41. The van der Waals surface area contributed by atoms with Crippen LogP contribution in [0.2, 0.25) is 0 Å². The summed E-state index contributed by atoms with van der Waals surface area (Å²) >= 11 is 0. The van der Waals surface area contributed by atoms with Crippen LogP contribution in [0.5, 0.6) is 0 Å². The van der Waals surface area contributed by atoms with E-state index in [-0.39, 0.29) is 5.84 Å². The highest BCUT2D eigenvalue weighted by atomic mass is 14.7. The molecule has 0 unspecified atom stereocenters. The van der Waals surface area contributed by atoms with E-state index in [1.807, 2.05) is 0 Å². The minimum absolute atomic E-state index is 0.0441. The van der Waals surface area contributed by atoms with E-state index in [0.717, 1.165) is 0 Å². The normalized spacial score (nSPS) is 10.4. The van der Waals surface area contributed by atoms with Gasteiger partial charge in [0.1, 0.15) is 5.84 Å². The second kappa shape index (κ2) is 3.60. The van der Waals surface area contributed by atoms with Crippen molar-refractivity contribution in [1.29, 1.82) is 5.41 Å². The fourth-order valence-electron chi connectivity index (χ4n) is 0.331. The van der Waals surface area contributed by atoms with Crippen LogP contribution >= 0.6 is 0 Å². The fourth-order valence-corrected chi connectivity index (χ4v) is 0.331. The molecule has 0 fully saturated rings. The number of rotatable bonds is 3. The van der Waals surface area contributed by atoms with Crippen LogP contribution in [0.15, 0.2) is 29.4 Å². The molecular weight excluding hydrogens is 114 g/mol. The highest BCUT2D eigenvalue weighted by Crippen LogP contribution is 1.92. The minimum Gasteiger partial charge on any atom is -0.384 e. The molecule has 3 nitrogen and oxygen atoms in total. The summed E-state index contributed by atoms with van der Waals surface area (Å²) in [6.45, 7) is 6.63. The third-order valence-electron chi connectivity index (χ3n) is 0.761. The van der Waals surface area contributed by atoms with Gasteiger partial charge < -0.3 is 5.73 Å². The predicted molar refractivity (Wildman–Crippen MR) is 39.7 cm³/mol. The lowest BCUT2D eigenvalue weighted by Gasteiger charge is -1.92. The number of hydrogen-bond acceptors (Lipinski definition) is 2. The van der Waals surface area contributed by atoms with Gasteiger partial charge >= 0.3 is 0 Å². The summed E-state index contributed by atoms with van der Waals surface area (Å²) in [5.74, 6) is -0.0441. The van der Waals surface area contributed by atoms with Crippen molar-refractivity contribution in [3.05, 3.63) is 24.4 Å². The van der Waals surface area contributed by atoms with E-state index in [9.17, 15) is 0 Å². The summed E-state index contributed by atoms with van der Waals surface area (Å²) in [5.41, 5.74) is 5.58. The Hall–Kier alpha value is -1.38. The molecule has 0 amide bonds. The lowest BCUT2D eigenvalue weighted by atomic mass is 10.3. The second-order valence-corrected chi connectivity index (χ2v) is 1.38. The number of hydrogen-bond donors (Lipinski definition) is 2. The first-order valence-electron chi connectivity index (χ1n) is 2.35. The zero-order valence-electron chi connectivity index (χ0n) is 5.09. The molecule has 48 valence electrons. The molecule has 0 atom stereocenters. The van der Waals surface area contributed by atoms with Crippen molar-refractivity contribution < 1.29 is 0 Å². The van der Waals surface area contributed by atoms with Crippen molar-refractivity contribution in [2.75, 3.05) is 0 Å². The van der Waals surface area contributed by atoms with Gasteiger partial charge in [-0.3, -0.25) is 10.4 Å². The van der Waals surface area contributed by atoms with E-state index in [4.69, 9.17) is 11.1 Å². The summed E-state index contributed by atoms with van der Waals surface area (Å²) in [5, 5.41) is 6.91. The van der Waals surface area contributed by atoms with Gasteiger partial charge in [-0.15, -0.1) is 0 Å². The van der Waals surface area contributed by atoms with Crippen LogP contribution in [0.1, 0.15) is 0 Å². The van der Waals surface area contributed by atoms with Gasteiger partial charge in [-0.1, -0.05) is 12.7 Å². The smallest absolute Gasteiger partial charge is 0.124 e. The Morgan fingerprint density at radius 2 is 2.22 bits per heavy atom. The van der Waals surface area contributed by atoms with Gasteiger partial charge in [-0.05, 0) is 6.72 Å². The van der Waals surface area contributed by atoms with Crippen LogP contribution in [0, 0.1) is 5.41 Å². The molecule has 0 aromatic carbocycles. The summed E-state index contributed by atoms with van der Waals surface area (Å²) in [4.78, 5) is 3.42. The Labute approximate surface area is 54.1 Å². The van der Waals surface area contributed by atoms with Crippen LogP contribution in [0.4, 0.5) is 0 Å². The van der Waals surface area contributed by atoms with Crippen LogP contribution in [0.25, 0.3) is 0 Å². The standard InChI is InChI=1S/C6H9N3/c1-3-5(4-9-2)6(7)8/h3-4H,1-2H2,(H3,7,8)/b5-4+. The summed E-state index contributed by atoms with van der Waals surface area (Å²) in [6, 6.07) is 0. The van der Waals surface area contributed by atoms with Gasteiger partial charge in [0.2, 0.25) is 0 Å². The van der Waals surface area contributed by atoms with Crippen LogP contribution in [-0.4, -0.2) is 12.6 Å². The Balaban J connectivity index is 4.32. The topological polar surface area (TPSA) is 62.2 Å². The molecule has 0 saturated carbocycles. The highest BCUT2D eigenvalue weighted by Gasteiger charge is 1.90. The number of nitrogens with one attached hydrogen (secondary N) is 1. The Morgan fingerprint density at radius 3 is 2.33 bits per heavy atom. The molecule has 9 heavy (non-hydrogen) atoms. The SMILES string of the molecule is C=C/C(=C\N=C)C(=N)N. The molecule has 0 aliphatic heterocycles. The largest absolute Gasteiger partial charge is 0.384 e. The molecular formula is C6H9N3. The molecule has 0 heterocycles. The van der Waals surface area contributed by atoms with E-state index < -0.39 is 0 Å². The highest BCUT2D eigenvalue weighted by molar-refractivity contribution is 5.96. The van der Waals surface area contributed by atoms with Crippen molar-refractivity contribution in [1.82, 2.24) is 0 Å². The molecule has 3 heteroatoms. The maximum Gasteiger partial charge on any atom is 0.124 e. The van der Waals surface area contributed by atoms with Gasteiger partial charge in [0, 0.05) is 11.8 Å². The van der Waals surface area contributed by atoms with Gasteiger partial charge in [-0.25, -0.2) is 0 Å². The van der Waals surface area contributed by atoms with Crippen molar-refractivity contribution in [2.45, 2.75) is 0 Å². The average Bonchev–Trinajstić information content (AvgIpc) is 1.82. The first kappa shape index (κ1) is 7.62. The molecule has 0 aromatic heterocycles. The fraction of sp³-hybridized carbons (Fsp3) is 0. The number of nitrogens with zero attached hydrogens (tertiary/aromatic N) is 1. The van der Waals surface area contributed by atoms with Crippen molar-refractivity contribution in [3.8, 4) is 0 Å². The Morgan fingerprint density at radius 1 is 1.67 bits per heavy atom. The molecule has 0 aromatic rings. The maximum atomic E-state index is 6.91. The second-order valence-electron chi connectivity index (χ2n) is 1.38. The van der Waals surface area contributed by atoms with Crippen molar-refractivity contribution in [2.24, 2.45) is 10.7 Å². The van der Waals surface area contributed by atoms with E-state index in [0.29, 0.717) is 5.57 Å². The molecule has 0 radical (unpaired) electrons. The zero-order valence-corrected chi connectivity index (χ0v) is 5.09. The number of amidine groups is 1. The van der Waals surface area contributed by atoms with Crippen LogP contribution < -0.4 is 5.73 Å². The van der Waals surface area contributed by atoms with Gasteiger partial charge in [0.25, 0.3) is 0 Å². The van der Waals surface area contributed by atoms with E-state index in [2.05, 4.69) is 18.3 Å². The third kappa shape index (κ3) is 2.43. The summed E-state index contributed by atoms with van der Waals surface area (Å²) in [7, 11) is 0. The molecule has 0 spiro atoms. The maximum absolute atomic E-state index is 6.91. The lowest BCUT2D eigenvalue weighted by Crippen LogP contribution is -2.10. The predicted octanol–water partition coefficient (Wildman–Crippen LogP) is 0.693. The van der Waals surface area contributed by atoms with Gasteiger partial charge in [0.15, 0.2) is 0 Å². The minimum atomic E-state index is -0.0441. The average molecular weight is 123 g/mol.